The van der Waals surface area contributed by atoms with Crippen LogP contribution < -0.4 is 4.74 Å². The Labute approximate surface area is 116 Å². The highest BCUT2D eigenvalue weighted by molar-refractivity contribution is 7.07. The maximum absolute atomic E-state index is 12.3. The van der Waals surface area contributed by atoms with Crippen molar-refractivity contribution in [2.45, 2.75) is 13.0 Å². The molecule has 0 saturated heterocycles. The lowest BCUT2D eigenvalue weighted by atomic mass is 10.1. The molecule has 2 aromatic rings. The molecule has 0 aliphatic carbocycles. The second kappa shape index (κ2) is 5.45. The van der Waals surface area contributed by atoms with Gasteiger partial charge in [-0.25, -0.2) is 0 Å². The first-order chi connectivity index (χ1) is 9.33. The SMILES string of the molecule is O=C(Cc1ccsc1)N1CCOc2ccccc2C1. The Balaban J connectivity index is 1.73. The summed E-state index contributed by atoms with van der Waals surface area (Å²) in [6.07, 6.45) is 0.478. The third-order valence-corrected chi connectivity index (χ3v) is 3.97. The van der Waals surface area contributed by atoms with E-state index in [2.05, 4.69) is 0 Å². The molecule has 1 aromatic heterocycles. The van der Waals surface area contributed by atoms with Gasteiger partial charge in [0.2, 0.25) is 5.91 Å². The van der Waals surface area contributed by atoms with Crippen LogP contribution in [-0.4, -0.2) is 24.0 Å². The van der Waals surface area contributed by atoms with Crippen LogP contribution in [0.4, 0.5) is 0 Å². The van der Waals surface area contributed by atoms with Crippen molar-refractivity contribution >= 4 is 17.2 Å². The fourth-order valence-electron chi connectivity index (χ4n) is 2.22. The maximum Gasteiger partial charge on any atom is 0.227 e. The molecule has 0 bridgehead atoms. The summed E-state index contributed by atoms with van der Waals surface area (Å²) in [4.78, 5) is 14.2. The lowest BCUT2D eigenvalue weighted by Crippen LogP contribution is -2.33. The van der Waals surface area contributed by atoms with Crippen molar-refractivity contribution < 1.29 is 9.53 Å². The van der Waals surface area contributed by atoms with Gasteiger partial charge in [-0.2, -0.15) is 11.3 Å². The molecule has 0 spiro atoms. The molecule has 0 saturated carbocycles. The van der Waals surface area contributed by atoms with Crippen molar-refractivity contribution in [3.05, 3.63) is 52.2 Å². The van der Waals surface area contributed by atoms with Gasteiger partial charge in [-0.05, 0) is 28.5 Å². The number of para-hydroxylation sites is 1. The number of ether oxygens (including phenoxy) is 1. The number of thiophene rings is 1. The molecule has 4 heteroatoms. The number of amides is 1. The summed E-state index contributed by atoms with van der Waals surface area (Å²) in [5.41, 5.74) is 2.17. The highest BCUT2D eigenvalue weighted by Crippen LogP contribution is 2.22. The molecule has 0 unspecified atom stereocenters. The van der Waals surface area contributed by atoms with E-state index < -0.39 is 0 Å². The predicted octanol–water partition coefficient (Wildman–Crippen LogP) is 2.71. The number of hydrogen-bond acceptors (Lipinski definition) is 3. The minimum Gasteiger partial charge on any atom is -0.491 e. The number of hydrogen-bond donors (Lipinski definition) is 0. The predicted molar refractivity (Wildman–Crippen MR) is 75.4 cm³/mol. The smallest absolute Gasteiger partial charge is 0.227 e. The maximum atomic E-state index is 12.3. The topological polar surface area (TPSA) is 29.5 Å². The van der Waals surface area contributed by atoms with E-state index in [-0.39, 0.29) is 5.91 Å². The van der Waals surface area contributed by atoms with E-state index in [0.717, 1.165) is 16.9 Å². The summed E-state index contributed by atoms with van der Waals surface area (Å²) >= 11 is 1.63. The first kappa shape index (κ1) is 12.2. The van der Waals surface area contributed by atoms with Gasteiger partial charge in [-0.3, -0.25) is 4.79 Å². The summed E-state index contributed by atoms with van der Waals surface area (Å²) in [5, 5.41) is 4.03. The first-order valence-corrected chi connectivity index (χ1v) is 7.27. The Hall–Kier alpha value is -1.81. The molecule has 2 heterocycles. The lowest BCUT2D eigenvalue weighted by Gasteiger charge is -2.19. The number of fused-ring (bicyclic) bond motifs is 1. The van der Waals surface area contributed by atoms with E-state index in [1.165, 1.54) is 0 Å². The van der Waals surface area contributed by atoms with E-state index in [0.29, 0.717) is 26.1 Å². The lowest BCUT2D eigenvalue weighted by molar-refractivity contribution is -0.131. The van der Waals surface area contributed by atoms with Crippen LogP contribution in [0.3, 0.4) is 0 Å². The highest BCUT2D eigenvalue weighted by atomic mass is 32.1. The monoisotopic (exact) mass is 273 g/mol. The van der Waals surface area contributed by atoms with Gasteiger partial charge in [-0.15, -0.1) is 0 Å². The summed E-state index contributed by atoms with van der Waals surface area (Å²) in [6.45, 7) is 1.85. The van der Waals surface area contributed by atoms with E-state index >= 15 is 0 Å². The van der Waals surface area contributed by atoms with E-state index in [4.69, 9.17) is 4.74 Å². The van der Waals surface area contributed by atoms with Crippen LogP contribution in [0.1, 0.15) is 11.1 Å². The van der Waals surface area contributed by atoms with Crippen LogP contribution in [0.5, 0.6) is 5.75 Å². The van der Waals surface area contributed by atoms with Crippen LogP contribution in [0.15, 0.2) is 41.1 Å². The Morgan fingerprint density at radius 2 is 2.21 bits per heavy atom. The van der Waals surface area contributed by atoms with Gasteiger partial charge in [0.1, 0.15) is 12.4 Å². The fraction of sp³-hybridized carbons (Fsp3) is 0.267. The van der Waals surface area contributed by atoms with Gasteiger partial charge >= 0.3 is 0 Å². The molecule has 1 aromatic carbocycles. The zero-order valence-electron chi connectivity index (χ0n) is 10.5. The molecule has 0 atom stereocenters. The summed E-state index contributed by atoms with van der Waals surface area (Å²) in [7, 11) is 0. The van der Waals surface area contributed by atoms with E-state index in [9.17, 15) is 4.79 Å². The first-order valence-electron chi connectivity index (χ1n) is 6.32. The molecule has 0 fully saturated rings. The summed E-state index contributed by atoms with van der Waals surface area (Å²) in [5.74, 6) is 1.06. The largest absolute Gasteiger partial charge is 0.491 e. The number of benzene rings is 1. The molecule has 3 rings (SSSR count). The minimum atomic E-state index is 0.165. The Morgan fingerprint density at radius 3 is 3.05 bits per heavy atom. The third-order valence-electron chi connectivity index (χ3n) is 3.24. The normalized spacial score (nSPS) is 14.4. The molecule has 19 heavy (non-hydrogen) atoms. The van der Waals surface area contributed by atoms with Gasteiger partial charge in [-0.1, -0.05) is 18.2 Å². The van der Waals surface area contributed by atoms with Crippen LogP contribution in [-0.2, 0) is 17.8 Å². The molecule has 1 aliphatic rings. The summed E-state index contributed by atoms with van der Waals surface area (Å²) in [6, 6.07) is 9.93. The van der Waals surface area contributed by atoms with E-state index in [1.54, 1.807) is 11.3 Å². The standard InChI is InChI=1S/C15H15NO2S/c17-15(9-12-5-8-19-11-12)16-6-7-18-14-4-2-1-3-13(14)10-16/h1-5,8,11H,6-7,9-10H2. The second-order valence-electron chi connectivity index (χ2n) is 4.58. The van der Waals surface area contributed by atoms with Crippen LogP contribution in [0, 0.1) is 0 Å². The zero-order valence-corrected chi connectivity index (χ0v) is 11.4. The quantitative estimate of drug-likeness (QED) is 0.842. The van der Waals surface area contributed by atoms with Crippen molar-refractivity contribution in [2.75, 3.05) is 13.2 Å². The van der Waals surface area contributed by atoms with Gasteiger partial charge in [0.15, 0.2) is 0 Å². The second-order valence-corrected chi connectivity index (χ2v) is 5.36. The molecule has 0 N–H and O–H groups in total. The number of nitrogens with zero attached hydrogens (tertiary/aromatic N) is 1. The average Bonchev–Trinajstić information content (AvgIpc) is 2.82. The van der Waals surface area contributed by atoms with Gasteiger partial charge in [0.05, 0.1) is 13.0 Å². The molecule has 0 radical (unpaired) electrons. The van der Waals surface area contributed by atoms with Crippen molar-refractivity contribution in [2.24, 2.45) is 0 Å². The highest BCUT2D eigenvalue weighted by Gasteiger charge is 2.19. The zero-order chi connectivity index (χ0) is 13.1. The van der Waals surface area contributed by atoms with Crippen molar-refractivity contribution in [3.63, 3.8) is 0 Å². The van der Waals surface area contributed by atoms with Gasteiger partial charge in [0.25, 0.3) is 0 Å². The third kappa shape index (κ3) is 2.79. The van der Waals surface area contributed by atoms with Crippen LogP contribution in [0.25, 0.3) is 0 Å². The molecular weight excluding hydrogens is 258 g/mol. The van der Waals surface area contributed by atoms with Crippen molar-refractivity contribution in [1.29, 1.82) is 0 Å². The van der Waals surface area contributed by atoms with Crippen LogP contribution in [0.2, 0.25) is 0 Å². The molecule has 1 amide bonds. The van der Waals surface area contributed by atoms with Crippen LogP contribution >= 0.6 is 11.3 Å². The Bertz CT molecular complexity index is 565. The molecule has 3 nitrogen and oxygen atoms in total. The number of rotatable bonds is 2. The average molecular weight is 273 g/mol. The number of carbonyl (C=O) groups is 1. The van der Waals surface area contributed by atoms with E-state index in [1.807, 2.05) is 46.0 Å². The van der Waals surface area contributed by atoms with Crippen molar-refractivity contribution in [3.8, 4) is 5.75 Å². The van der Waals surface area contributed by atoms with Crippen molar-refractivity contribution in [1.82, 2.24) is 4.90 Å². The van der Waals surface area contributed by atoms with Gasteiger partial charge in [0, 0.05) is 12.1 Å². The Morgan fingerprint density at radius 1 is 1.32 bits per heavy atom. The Kier molecular flexibility index (Phi) is 3.51. The van der Waals surface area contributed by atoms with Gasteiger partial charge < -0.3 is 9.64 Å². The molecule has 98 valence electrons. The minimum absolute atomic E-state index is 0.165. The molecular formula is C15H15NO2S. The summed E-state index contributed by atoms with van der Waals surface area (Å²) < 4.78 is 5.67. The fourth-order valence-corrected chi connectivity index (χ4v) is 2.89. The number of carbonyl (C=O) groups excluding carboxylic acids is 1. The molecule has 1 aliphatic heterocycles.